The zero-order valence-electron chi connectivity index (χ0n) is 9.70. The highest BCUT2D eigenvalue weighted by Gasteiger charge is 2.19. The van der Waals surface area contributed by atoms with Crippen molar-refractivity contribution in [2.45, 2.75) is 17.4 Å². The van der Waals surface area contributed by atoms with Gasteiger partial charge in [-0.1, -0.05) is 0 Å². The molecule has 0 aliphatic rings. The van der Waals surface area contributed by atoms with Gasteiger partial charge < -0.3 is 14.3 Å². The first kappa shape index (κ1) is 14.3. The summed E-state index contributed by atoms with van der Waals surface area (Å²) < 4.78 is 30.7. The predicted octanol–water partition coefficient (Wildman–Crippen LogP) is 0.130. The van der Waals surface area contributed by atoms with Crippen LogP contribution in [0.25, 0.3) is 0 Å². The van der Waals surface area contributed by atoms with Crippen molar-refractivity contribution in [3.63, 3.8) is 0 Å². The van der Waals surface area contributed by atoms with Crippen molar-refractivity contribution in [2.75, 3.05) is 7.11 Å². The van der Waals surface area contributed by atoms with E-state index in [1.165, 1.54) is 31.4 Å². The highest BCUT2D eigenvalue weighted by Crippen LogP contribution is 2.15. The maximum Gasteiger partial charge on any atom is 0.241 e. The number of carbonyl (C=O) groups excluding carboxylic acids is 2. The van der Waals surface area contributed by atoms with Crippen LogP contribution in [0.2, 0.25) is 0 Å². The van der Waals surface area contributed by atoms with Gasteiger partial charge in [0.1, 0.15) is 18.3 Å². The Morgan fingerprint density at radius 1 is 1.28 bits per heavy atom. The van der Waals surface area contributed by atoms with E-state index in [2.05, 4.69) is 4.72 Å². The van der Waals surface area contributed by atoms with Crippen LogP contribution < -0.4 is 9.46 Å². The van der Waals surface area contributed by atoms with E-state index in [-0.39, 0.29) is 11.3 Å². The molecule has 0 unspecified atom stereocenters. The number of nitrogens with one attached hydrogen (secondary N) is 1. The van der Waals surface area contributed by atoms with Crippen LogP contribution in [0.5, 0.6) is 5.75 Å². The van der Waals surface area contributed by atoms with Gasteiger partial charge in [0, 0.05) is 6.42 Å². The standard InChI is InChI=1S/C11H13NO5S/c1-17-10-2-4-11(5-3-10)18(15,16)12-9(8-14)6-7-13/h2-5,7-9,12H,6H2,1H3/t9-/m0/s1. The molecule has 0 aliphatic heterocycles. The van der Waals surface area contributed by atoms with Gasteiger partial charge in [-0.2, -0.15) is 0 Å². The van der Waals surface area contributed by atoms with Crippen LogP contribution >= 0.6 is 0 Å². The number of ether oxygens (including phenoxy) is 1. The normalized spacial score (nSPS) is 12.7. The van der Waals surface area contributed by atoms with Crippen molar-refractivity contribution in [1.82, 2.24) is 4.72 Å². The molecule has 0 spiro atoms. The molecule has 1 atom stereocenters. The van der Waals surface area contributed by atoms with E-state index >= 15 is 0 Å². The molecule has 0 saturated heterocycles. The number of aldehydes is 2. The van der Waals surface area contributed by atoms with Gasteiger partial charge in [-0.05, 0) is 24.3 Å². The maximum absolute atomic E-state index is 11.8. The lowest BCUT2D eigenvalue weighted by Crippen LogP contribution is -2.36. The minimum absolute atomic E-state index is 0.000971. The third-order valence-electron chi connectivity index (χ3n) is 2.19. The van der Waals surface area contributed by atoms with Crippen LogP contribution in [0.3, 0.4) is 0 Å². The molecule has 0 heterocycles. The highest BCUT2D eigenvalue weighted by molar-refractivity contribution is 7.89. The van der Waals surface area contributed by atoms with Gasteiger partial charge in [0.05, 0.1) is 18.0 Å². The molecule has 0 aliphatic carbocycles. The first-order valence-electron chi connectivity index (χ1n) is 5.09. The summed E-state index contributed by atoms with van der Waals surface area (Å²) in [7, 11) is -2.35. The molecule has 0 bridgehead atoms. The number of methoxy groups -OCH3 is 1. The lowest BCUT2D eigenvalue weighted by atomic mass is 10.3. The smallest absolute Gasteiger partial charge is 0.241 e. The van der Waals surface area contributed by atoms with E-state index in [9.17, 15) is 18.0 Å². The van der Waals surface area contributed by atoms with Crippen LogP contribution in [-0.4, -0.2) is 34.1 Å². The molecular formula is C11H13NO5S. The second kappa shape index (κ2) is 6.27. The van der Waals surface area contributed by atoms with Gasteiger partial charge in [0.2, 0.25) is 10.0 Å². The molecule has 1 rings (SSSR count). The molecule has 0 radical (unpaired) electrons. The Hall–Kier alpha value is -1.73. The van der Waals surface area contributed by atoms with Crippen LogP contribution in [0, 0.1) is 0 Å². The summed E-state index contributed by atoms with van der Waals surface area (Å²) in [5.74, 6) is 0.522. The summed E-state index contributed by atoms with van der Waals surface area (Å²) in [6.45, 7) is 0. The number of hydrogen-bond acceptors (Lipinski definition) is 5. The fraction of sp³-hybridized carbons (Fsp3) is 0.273. The topological polar surface area (TPSA) is 89.5 Å². The average molecular weight is 271 g/mol. The molecule has 1 aromatic carbocycles. The molecule has 1 aromatic rings. The van der Waals surface area contributed by atoms with Crippen molar-refractivity contribution >= 4 is 22.6 Å². The maximum atomic E-state index is 11.8. The summed E-state index contributed by atoms with van der Waals surface area (Å²) in [5, 5.41) is 0. The zero-order valence-corrected chi connectivity index (χ0v) is 10.5. The Labute approximate surface area is 105 Å². The molecule has 0 amide bonds. The summed E-state index contributed by atoms with van der Waals surface area (Å²) >= 11 is 0. The van der Waals surface area contributed by atoms with E-state index in [0.29, 0.717) is 18.3 Å². The quantitative estimate of drug-likeness (QED) is 0.712. The summed E-state index contributed by atoms with van der Waals surface area (Å²) in [6, 6.07) is 4.64. The number of hydrogen-bond donors (Lipinski definition) is 1. The number of carbonyl (C=O) groups is 2. The van der Waals surface area contributed by atoms with E-state index in [1.807, 2.05) is 0 Å². The average Bonchev–Trinajstić information content (AvgIpc) is 2.38. The minimum Gasteiger partial charge on any atom is -0.497 e. The van der Waals surface area contributed by atoms with Gasteiger partial charge in [0.15, 0.2) is 0 Å². The van der Waals surface area contributed by atoms with Gasteiger partial charge in [-0.25, -0.2) is 13.1 Å². The van der Waals surface area contributed by atoms with Crippen molar-refractivity contribution in [1.29, 1.82) is 0 Å². The number of sulfonamides is 1. The predicted molar refractivity (Wildman–Crippen MR) is 63.8 cm³/mol. The van der Waals surface area contributed by atoms with Crippen molar-refractivity contribution in [3.8, 4) is 5.75 Å². The van der Waals surface area contributed by atoms with Crippen LogP contribution in [-0.2, 0) is 19.6 Å². The minimum atomic E-state index is -3.81. The van der Waals surface area contributed by atoms with Crippen molar-refractivity contribution < 1.29 is 22.7 Å². The summed E-state index contributed by atoms with van der Waals surface area (Å²) in [6.07, 6.45) is 0.671. The molecule has 0 aromatic heterocycles. The van der Waals surface area contributed by atoms with Crippen LogP contribution in [0.4, 0.5) is 0 Å². The Morgan fingerprint density at radius 2 is 1.89 bits per heavy atom. The van der Waals surface area contributed by atoms with Crippen LogP contribution in [0.1, 0.15) is 6.42 Å². The lowest BCUT2D eigenvalue weighted by molar-refractivity contribution is -0.113. The SMILES string of the molecule is COc1ccc(S(=O)(=O)N[C@H](C=O)CC=O)cc1. The third-order valence-corrected chi connectivity index (χ3v) is 3.70. The first-order chi connectivity index (χ1) is 8.53. The second-order valence-electron chi connectivity index (χ2n) is 3.44. The molecule has 0 fully saturated rings. The Balaban J connectivity index is 2.90. The van der Waals surface area contributed by atoms with Crippen LogP contribution in [0.15, 0.2) is 29.2 Å². The fourth-order valence-corrected chi connectivity index (χ4v) is 2.44. The molecule has 1 N–H and O–H groups in total. The van der Waals surface area contributed by atoms with Gasteiger partial charge in [-0.3, -0.25) is 0 Å². The second-order valence-corrected chi connectivity index (χ2v) is 5.16. The number of benzene rings is 1. The Bertz CT molecular complexity index is 509. The van der Waals surface area contributed by atoms with Gasteiger partial charge >= 0.3 is 0 Å². The molecule has 98 valence electrons. The van der Waals surface area contributed by atoms with Crippen molar-refractivity contribution in [3.05, 3.63) is 24.3 Å². The monoisotopic (exact) mass is 271 g/mol. The summed E-state index contributed by atoms with van der Waals surface area (Å²) in [4.78, 5) is 20.9. The third kappa shape index (κ3) is 3.64. The molecule has 7 heteroatoms. The van der Waals surface area contributed by atoms with E-state index in [4.69, 9.17) is 4.74 Å². The first-order valence-corrected chi connectivity index (χ1v) is 6.57. The molecular weight excluding hydrogens is 258 g/mol. The van der Waals surface area contributed by atoms with E-state index in [0.717, 1.165) is 0 Å². The largest absolute Gasteiger partial charge is 0.497 e. The van der Waals surface area contributed by atoms with E-state index in [1.54, 1.807) is 0 Å². The van der Waals surface area contributed by atoms with Gasteiger partial charge in [-0.15, -0.1) is 0 Å². The molecule has 6 nitrogen and oxygen atoms in total. The Kier molecular flexibility index (Phi) is 4.99. The zero-order chi connectivity index (χ0) is 13.6. The number of rotatable bonds is 7. The molecule has 0 saturated carbocycles. The van der Waals surface area contributed by atoms with E-state index < -0.39 is 16.1 Å². The lowest BCUT2D eigenvalue weighted by Gasteiger charge is -2.10. The summed E-state index contributed by atoms with van der Waals surface area (Å²) in [5.41, 5.74) is 0. The fourth-order valence-electron chi connectivity index (χ4n) is 1.26. The molecule has 18 heavy (non-hydrogen) atoms. The Morgan fingerprint density at radius 3 is 2.33 bits per heavy atom. The van der Waals surface area contributed by atoms with Crippen molar-refractivity contribution in [2.24, 2.45) is 0 Å². The highest BCUT2D eigenvalue weighted by atomic mass is 32.2. The van der Waals surface area contributed by atoms with Gasteiger partial charge in [0.25, 0.3) is 0 Å².